The number of carbonyl (C=O) groups excluding carboxylic acids is 1. The fraction of sp³-hybridized carbons (Fsp3) is 0.571. The molecule has 12 heteroatoms. The van der Waals surface area contributed by atoms with Gasteiger partial charge in [-0.2, -0.15) is 23.3 Å². The fourth-order valence-corrected chi connectivity index (χ4v) is 9.22. The standard InChI is InChI=1S/C35H36F4N6O2/c1-21-40-29-26(35(37,38)39)14-24(16-45(29)42-21)23-3-2-4-25(13-23)44(27(46)15-32-17-34(36,18-32)19-32)20-31-7-10-33(11-8-31,12-9-31)30-41-28(43-47-30)22-5-6-22/h2-4,13-14,16,22H,5-12,15,17-20H2,1H3. The Morgan fingerprint density at radius 3 is 2.38 bits per heavy atom. The van der Waals surface area contributed by atoms with E-state index in [1.54, 1.807) is 31.3 Å². The number of alkyl halides is 4. The van der Waals surface area contributed by atoms with Crippen LogP contribution in [0.25, 0.3) is 16.8 Å². The molecule has 0 radical (unpaired) electrons. The highest BCUT2D eigenvalue weighted by atomic mass is 19.4. The molecule has 7 fully saturated rings. The van der Waals surface area contributed by atoms with Crippen molar-refractivity contribution in [3.05, 3.63) is 59.6 Å². The van der Waals surface area contributed by atoms with Crippen LogP contribution in [0.1, 0.15) is 106 Å². The number of aryl methyl sites for hydroxylation is 1. The van der Waals surface area contributed by atoms with Crippen molar-refractivity contribution in [1.29, 1.82) is 0 Å². The number of carbonyl (C=O) groups is 1. The second-order valence-corrected chi connectivity index (χ2v) is 15.5. The van der Waals surface area contributed by atoms with Crippen molar-refractivity contribution in [2.45, 2.75) is 107 Å². The molecule has 0 saturated heterocycles. The smallest absolute Gasteiger partial charge is 0.339 e. The largest absolute Gasteiger partial charge is 0.420 e. The molecule has 0 spiro atoms. The summed E-state index contributed by atoms with van der Waals surface area (Å²) in [5.41, 5.74) is -1.21. The van der Waals surface area contributed by atoms with Crippen molar-refractivity contribution in [3.63, 3.8) is 0 Å². The number of rotatable bonds is 8. The second kappa shape index (κ2) is 9.63. The molecule has 0 N–H and O–H groups in total. The molecule has 7 saturated carbocycles. The lowest BCUT2D eigenvalue weighted by molar-refractivity contribution is -0.215. The molecule has 4 aromatic rings. The van der Waals surface area contributed by atoms with Gasteiger partial charge < -0.3 is 9.42 Å². The molecule has 3 aromatic heterocycles. The Labute approximate surface area is 268 Å². The Bertz CT molecular complexity index is 1880. The number of pyridine rings is 1. The number of amides is 1. The molecule has 1 aromatic carbocycles. The molecule has 11 rings (SSSR count). The monoisotopic (exact) mass is 648 g/mol. The van der Waals surface area contributed by atoms with Gasteiger partial charge in [-0.1, -0.05) is 17.3 Å². The van der Waals surface area contributed by atoms with Crippen LogP contribution in [0.3, 0.4) is 0 Å². The van der Waals surface area contributed by atoms with Gasteiger partial charge in [-0.3, -0.25) is 4.79 Å². The van der Waals surface area contributed by atoms with Crippen molar-refractivity contribution in [1.82, 2.24) is 24.7 Å². The summed E-state index contributed by atoms with van der Waals surface area (Å²) in [5, 5.41) is 8.44. The normalized spacial score (nSPS) is 31.1. The Balaban J connectivity index is 1.03. The van der Waals surface area contributed by atoms with E-state index in [2.05, 4.69) is 15.2 Å². The maximum Gasteiger partial charge on any atom is 0.420 e. The summed E-state index contributed by atoms with van der Waals surface area (Å²) in [5.74, 6) is 2.21. The third kappa shape index (κ3) is 4.79. The minimum Gasteiger partial charge on any atom is -0.339 e. The Kier molecular flexibility index (Phi) is 6.01. The van der Waals surface area contributed by atoms with E-state index in [0.717, 1.165) is 69.1 Å². The van der Waals surface area contributed by atoms with Crippen LogP contribution in [0.5, 0.6) is 0 Å². The number of anilines is 1. The summed E-state index contributed by atoms with van der Waals surface area (Å²) >= 11 is 0. The van der Waals surface area contributed by atoms with Gasteiger partial charge >= 0.3 is 6.18 Å². The Morgan fingerprint density at radius 2 is 1.72 bits per heavy atom. The maximum absolute atomic E-state index is 14.4. The van der Waals surface area contributed by atoms with Gasteiger partial charge in [0.2, 0.25) is 11.8 Å². The topological polar surface area (TPSA) is 89.4 Å². The molecule has 0 unspecified atom stereocenters. The highest BCUT2D eigenvalue weighted by Crippen LogP contribution is 2.71. The van der Waals surface area contributed by atoms with Crippen LogP contribution in [-0.2, 0) is 16.4 Å². The average molecular weight is 649 g/mol. The van der Waals surface area contributed by atoms with Crippen LogP contribution in [-0.4, -0.2) is 42.9 Å². The summed E-state index contributed by atoms with van der Waals surface area (Å²) in [6.07, 6.45) is 6.18. The second-order valence-electron chi connectivity index (χ2n) is 15.5. The molecule has 0 atom stereocenters. The molecular weight excluding hydrogens is 612 g/mol. The van der Waals surface area contributed by atoms with E-state index in [1.165, 1.54) is 4.52 Å². The zero-order valence-corrected chi connectivity index (χ0v) is 26.2. The number of hydrogen-bond acceptors (Lipinski definition) is 6. The van der Waals surface area contributed by atoms with Crippen molar-refractivity contribution >= 4 is 17.2 Å². The van der Waals surface area contributed by atoms with Gasteiger partial charge in [0.25, 0.3) is 0 Å². The predicted octanol–water partition coefficient (Wildman–Crippen LogP) is 7.89. The minimum atomic E-state index is -4.62. The summed E-state index contributed by atoms with van der Waals surface area (Å²) in [6, 6.07) is 8.28. The zero-order valence-electron chi connectivity index (χ0n) is 26.2. The first-order chi connectivity index (χ1) is 22.3. The third-order valence-corrected chi connectivity index (χ3v) is 12.0. The van der Waals surface area contributed by atoms with E-state index in [1.807, 2.05) is 11.0 Å². The first kappa shape index (κ1) is 29.3. The van der Waals surface area contributed by atoms with E-state index in [-0.39, 0.29) is 40.0 Å². The van der Waals surface area contributed by atoms with Gasteiger partial charge in [-0.15, -0.1) is 0 Å². The molecule has 246 valence electrons. The molecule has 8 nitrogen and oxygen atoms in total. The zero-order chi connectivity index (χ0) is 32.4. The molecule has 47 heavy (non-hydrogen) atoms. The fourth-order valence-electron chi connectivity index (χ4n) is 9.22. The molecule has 7 aliphatic rings. The van der Waals surface area contributed by atoms with Crippen molar-refractivity contribution in [2.24, 2.45) is 10.8 Å². The van der Waals surface area contributed by atoms with Crippen LogP contribution in [0.4, 0.5) is 23.2 Å². The molecule has 4 bridgehead atoms. The van der Waals surface area contributed by atoms with Crippen LogP contribution in [0, 0.1) is 17.8 Å². The maximum atomic E-state index is 14.4. The number of nitrogens with zero attached hydrogens (tertiary/aromatic N) is 6. The van der Waals surface area contributed by atoms with Gasteiger partial charge in [0.05, 0.1) is 0 Å². The highest BCUT2D eigenvalue weighted by molar-refractivity contribution is 5.95. The van der Waals surface area contributed by atoms with Crippen LogP contribution in [0.2, 0.25) is 0 Å². The first-order valence-corrected chi connectivity index (χ1v) is 16.7. The van der Waals surface area contributed by atoms with Crippen LogP contribution >= 0.6 is 0 Å². The van der Waals surface area contributed by atoms with Gasteiger partial charge in [0, 0.05) is 41.7 Å². The van der Waals surface area contributed by atoms with Gasteiger partial charge in [0.1, 0.15) is 17.1 Å². The number of benzene rings is 1. The van der Waals surface area contributed by atoms with Crippen molar-refractivity contribution < 1.29 is 26.9 Å². The average Bonchev–Trinajstić information content (AvgIpc) is 3.61. The number of halogens is 4. The molecule has 0 aliphatic heterocycles. The Hall–Kier alpha value is -3.83. The summed E-state index contributed by atoms with van der Waals surface area (Å²) < 4.78 is 63.8. The predicted molar refractivity (Wildman–Crippen MR) is 163 cm³/mol. The number of hydrogen-bond donors (Lipinski definition) is 0. The molecule has 3 heterocycles. The summed E-state index contributed by atoms with van der Waals surface area (Å²) in [7, 11) is 0. The summed E-state index contributed by atoms with van der Waals surface area (Å²) in [6.45, 7) is 2.06. The third-order valence-electron chi connectivity index (χ3n) is 12.0. The molecule has 7 aliphatic carbocycles. The minimum absolute atomic E-state index is 0.0509. The van der Waals surface area contributed by atoms with E-state index in [4.69, 9.17) is 9.51 Å². The number of aromatic nitrogens is 5. The van der Waals surface area contributed by atoms with Crippen molar-refractivity contribution in [3.8, 4) is 11.1 Å². The SMILES string of the molecule is Cc1nc2c(C(F)(F)F)cc(-c3cccc(N(CC45CCC(c6nc(C7CC7)no6)(CC4)CC5)C(=O)CC45CC(F)(C4)C5)c3)cn2n1. The van der Waals surface area contributed by atoms with Gasteiger partial charge in [0.15, 0.2) is 11.5 Å². The quantitative estimate of drug-likeness (QED) is 0.181. The molecule has 1 amide bonds. The number of fused-ring (bicyclic) bond motifs is 4. The first-order valence-electron chi connectivity index (χ1n) is 16.7. The van der Waals surface area contributed by atoms with Crippen molar-refractivity contribution in [2.75, 3.05) is 11.4 Å². The lowest BCUT2D eigenvalue weighted by Crippen LogP contribution is -2.65. The van der Waals surface area contributed by atoms with Crippen LogP contribution < -0.4 is 4.90 Å². The Morgan fingerprint density at radius 1 is 1.00 bits per heavy atom. The van der Waals surface area contributed by atoms with E-state index in [0.29, 0.717) is 48.5 Å². The van der Waals surface area contributed by atoms with E-state index in [9.17, 15) is 22.4 Å². The van der Waals surface area contributed by atoms with E-state index >= 15 is 0 Å². The lowest BCUT2D eigenvalue weighted by Gasteiger charge is -2.66. The van der Waals surface area contributed by atoms with Crippen LogP contribution in [0.15, 0.2) is 41.1 Å². The molecular formula is C35H36F4N6O2. The summed E-state index contributed by atoms with van der Waals surface area (Å²) in [4.78, 5) is 24.8. The highest BCUT2D eigenvalue weighted by Gasteiger charge is 2.69. The van der Waals surface area contributed by atoms with Gasteiger partial charge in [-0.05, 0) is 112 Å². The van der Waals surface area contributed by atoms with Gasteiger partial charge in [-0.25, -0.2) is 13.9 Å². The van der Waals surface area contributed by atoms with E-state index < -0.39 is 17.4 Å². The lowest BCUT2D eigenvalue weighted by atomic mass is 9.41.